The number of nitrogens with one attached hydrogen (secondary N) is 1. The Hall–Kier alpha value is -2.30. The predicted octanol–water partition coefficient (Wildman–Crippen LogP) is 2.73. The van der Waals surface area contributed by atoms with E-state index in [-0.39, 0.29) is 12.1 Å². The zero-order valence-corrected chi connectivity index (χ0v) is 11.4. The average molecular weight is 310 g/mol. The Morgan fingerprint density at radius 2 is 2.05 bits per heavy atom. The van der Waals surface area contributed by atoms with Crippen LogP contribution in [0.1, 0.15) is 15.2 Å². The molecule has 0 spiro atoms. The third-order valence-electron chi connectivity index (χ3n) is 2.42. The summed E-state index contributed by atoms with van der Waals surface area (Å²) in [6, 6.07) is 2.59. The fourth-order valence-corrected chi connectivity index (χ4v) is 2.26. The smallest absolute Gasteiger partial charge is 0.256 e. The molecule has 1 aromatic carbocycles. The van der Waals surface area contributed by atoms with E-state index in [0.29, 0.717) is 17.0 Å². The van der Waals surface area contributed by atoms with E-state index >= 15 is 0 Å². The van der Waals surface area contributed by atoms with Crippen molar-refractivity contribution in [3.8, 4) is 11.8 Å². The first-order valence-electron chi connectivity index (χ1n) is 5.74. The summed E-state index contributed by atoms with van der Waals surface area (Å²) < 4.78 is 39.5. The van der Waals surface area contributed by atoms with Crippen LogP contribution in [0.3, 0.4) is 0 Å². The van der Waals surface area contributed by atoms with E-state index in [1.54, 1.807) is 0 Å². The van der Waals surface area contributed by atoms with Crippen molar-refractivity contribution in [1.29, 1.82) is 0 Å². The van der Waals surface area contributed by atoms with Crippen LogP contribution in [0.5, 0.6) is 0 Å². The number of benzene rings is 1. The molecule has 0 unspecified atom stereocenters. The molecule has 7 heteroatoms. The summed E-state index contributed by atoms with van der Waals surface area (Å²) in [6.45, 7) is 0.188. The van der Waals surface area contributed by atoms with E-state index in [1.807, 2.05) is 0 Å². The zero-order chi connectivity index (χ0) is 15.4. The van der Waals surface area contributed by atoms with Crippen molar-refractivity contribution < 1.29 is 18.0 Å². The molecule has 3 nitrogen and oxygen atoms in total. The molecular weight excluding hydrogens is 301 g/mol. The van der Waals surface area contributed by atoms with E-state index in [4.69, 9.17) is 5.73 Å². The molecule has 1 heterocycles. The van der Waals surface area contributed by atoms with Gasteiger partial charge in [0.2, 0.25) is 0 Å². The highest BCUT2D eigenvalue weighted by Gasteiger charge is 2.15. The minimum atomic E-state index is -1.37. The molecule has 1 amide bonds. The fourth-order valence-electron chi connectivity index (χ4n) is 1.50. The topological polar surface area (TPSA) is 55.1 Å². The molecule has 0 aliphatic carbocycles. The molecule has 0 atom stereocenters. The van der Waals surface area contributed by atoms with Gasteiger partial charge in [-0.3, -0.25) is 4.79 Å². The van der Waals surface area contributed by atoms with Crippen LogP contribution >= 0.6 is 11.3 Å². The number of rotatable bonds is 2. The molecule has 3 N–H and O–H groups in total. The lowest BCUT2D eigenvalue weighted by Gasteiger charge is -2.06. The van der Waals surface area contributed by atoms with Crippen LogP contribution in [0.15, 0.2) is 23.6 Å². The van der Waals surface area contributed by atoms with Crippen LogP contribution in [-0.2, 0) is 0 Å². The van der Waals surface area contributed by atoms with Gasteiger partial charge in [-0.25, -0.2) is 13.2 Å². The lowest BCUT2D eigenvalue weighted by atomic mass is 10.2. The molecule has 1 aromatic heterocycles. The summed E-state index contributed by atoms with van der Waals surface area (Å²) in [5.74, 6) is 1.02. The predicted molar refractivity (Wildman–Crippen MR) is 74.5 cm³/mol. The maximum atomic E-state index is 13.4. The van der Waals surface area contributed by atoms with Gasteiger partial charge in [0.15, 0.2) is 11.6 Å². The number of thiophene rings is 1. The number of amides is 1. The van der Waals surface area contributed by atoms with Crippen LogP contribution in [0, 0.1) is 29.3 Å². The normalized spacial score (nSPS) is 9.90. The highest BCUT2D eigenvalue weighted by molar-refractivity contribution is 7.10. The summed E-state index contributed by atoms with van der Waals surface area (Å²) >= 11 is 1.21. The average Bonchev–Trinajstić information content (AvgIpc) is 2.90. The van der Waals surface area contributed by atoms with E-state index in [9.17, 15) is 18.0 Å². The minimum Gasteiger partial charge on any atom is -0.320 e. The highest BCUT2D eigenvalue weighted by atomic mass is 32.1. The number of halogens is 3. The lowest BCUT2D eigenvalue weighted by Crippen LogP contribution is -2.13. The molecule has 0 aliphatic rings. The Balaban J connectivity index is 2.20. The number of hydrogen-bond donors (Lipinski definition) is 2. The van der Waals surface area contributed by atoms with Gasteiger partial charge in [0.1, 0.15) is 5.82 Å². The monoisotopic (exact) mass is 310 g/mol. The summed E-state index contributed by atoms with van der Waals surface area (Å²) in [5.41, 5.74) is 4.89. The first-order chi connectivity index (χ1) is 10.0. The molecule has 0 fully saturated rings. The molecule has 0 saturated heterocycles. The van der Waals surface area contributed by atoms with Gasteiger partial charge in [0.05, 0.1) is 22.7 Å². The molecule has 2 rings (SSSR count). The number of hydrogen-bond acceptors (Lipinski definition) is 3. The minimum absolute atomic E-state index is 0.188. The van der Waals surface area contributed by atoms with Crippen molar-refractivity contribution in [2.75, 3.05) is 11.9 Å². The molecule has 0 aliphatic heterocycles. The highest BCUT2D eigenvalue weighted by Crippen LogP contribution is 2.21. The second-order valence-corrected chi connectivity index (χ2v) is 4.82. The molecule has 0 saturated carbocycles. The van der Waals surface area contributed by atoms with Gasteiger partial charge in [-0.1, -0.05) is 11.8 Å². The third-order valence-corrected chi connectivity index (χ3v) is 3.26. The Labute approximate surface area is 122 Å². The standard InChI is InChI=1S/C14H9F3N2OS/c15-9-5-11(16)13(17)12(6-9)19-14(20)8-4-10(21-7-8)2-1-3-18/h4-7H,3,18H2,(H,19,20). The van der Waals surface area contributed by atoms with Crippen LogP contribution in [0.25, 0.3) is 0 Å². The van der Waals surface area contributed by atoms with Crippen molar-refractivity contribution in [2.24, 2.45) is 5.73 Å². The maximum absolute atomic E-state index is 13.4. The first-order valence-corrected chi connectivity index (χ1v) is 6.62. The quantitative estimate of drug-likeness (QED) is 0.662. The number of anilines is 1. The summed E-state index contributed by atoms with van der Waals surface area (Å²) in [5, 5.41) is 3.62. The SMILES string of the molecule is NCC#Cc1cc(C(=O)Nc2cc(F)cc(F)c2F)cs1. The molecule has 108 valence electrons. The number of carbonyl (C=O) groups excluding carboxylic acids is 1. The van der Waals surface area contributed by atoms with Gasteiger partial charge < -0.3 is 11.1 Å². The fraction of sp³-hybridized carbons (Fsp3) is 0.0714. The van der Waals surface area contributed by atoms with Crippen LogP contribution in [0.2, 0.25) is 0 Å². The van der Waals surface area contributed by atoms with Gasteiger partial charge in [0.25, 0.3) is 5.91 Å². The molecule has 2 aromatic rings. The third kappa shape index (κ3) is 3.62. The lowest BCUT2D eigenvalue weighted by molar-refractivity contribution is 0.102. The maximum Gasteiger partial charge on any atom is 0.256 e. The Kier molecular flexibility index (Phi) is 4.62. The van der Waals surface area contributed by atoms with Gasteiger partial charge in [-0.05, 0) is 6.07 Å². The van der Waals surface area contributed by atoms with Gasteiger partial charge in [0, 0.05) is 17.5 Å². The van der Waals surface area contributed by atoms with E-state index in [2.05, 4.69) is 17.2 Å². The van der Waals surface area contributed by atoms with Crippen molar-refractivity contribution in [1.82, 2.24) is 0 Å². The molecule has 0 radical (unpaired) electrons. The Morgan fingerprint density at radius 1 is 1.29 bits per heavy atom. The number of nitrogens with two attached hydrogens (primary N) is 1. The van der Waals surface area contributed by atoms with Crippen molar-refractivity contribution >= 4 is 22.9 Å². The van der Waals surface area contributed by atoms with Crippen molar-refractivity contribution in [2.45, 2.75) is 0 Å². The molecule has 0 bridgehead atoms. The first kappa shape index (κ1) is 15.1. The van der Waals surface area contributed by atoms with E-state index in [0.717, 1.165) is 0 Å². The van der Waals surface area contributed by atoms with Gasteiger partial charge in [-0.15, -0.1) is 11.3 Å². The zero-order valence-electron chi connectivity index (χ0n) is 10.5. The Bertz CT molecular complexity index is 746. The molecular formula is C14H9F3N2OS. The van der Waals surface area contributed by atoms with Crippen LogP contribution in [-0.4, -0.2) is 12.5 Å². The Morgan fingerprint density at radius 3 is 2.76 bits per heavy atom. The summed E-state index contributed by atoms with van der Waals surface area (Å²) in [6.07, 6.45) is 0. The second kappa shape index (κ2) is 6.43. The van der Waals surface area contributed by atoms with Crippen molar-refractivity contribution in [3.63, 3.8) is 0 Å². The van der Waals surface area contributed by atoms with Gasteiger partial charge in [-0.2, -0.15) is 0 Å². The number of carbonyl (C=O) groups is 1. The van der Waals surface area contributed by atoms with Gasteiger partial charge >= 0.3 is 0 Å². The van der Waals surface area contributed by atoms with Crippen molar-refractivity contribution in [3.05, 3.63) is 51.5 Å². The largest absolute Gasteiger partial charge is 0.320 e. The van der Waals surface area contributed by atoms with Crippen LogP contribution < -0.4 is 11.1 Å². The van der Waals surface area contributed by atoms with Crippen LogP contribution in [0.4, 0.5) is 18.9 Å². The van der Waals surface area contributed by atoms with E-state index in [1.165, 1.54) is 22.8 Å². The second-order valence-electron chi connectivity index (χ2n) is 3.91. The summed E-state index contributed by atoms with van der Waals surface area (Å²) in [7, 11) is 0. The molecule has 21 heavy (non-hydrogen) atoms. The summed E-state index contributed by atoms with van der Waals surface area (Å²) in [4.78, 5) is 12.5. The van der Waals surface area contributed by atoms with E-state index < -0.39 is 29.0 Å².